The molecule has 0 aliphatic carbocycles. The highest BCUT2D eigenvalue weighted by atomic mass is 16.5. The number of aryl methyl sites for hydroxylation is 1. The van der Waals surface area contributed by atoms with Crippen LogP contribution in [0.4, 0.5) is 0 Å². The van der Waals surface area contributed by atoms with E-state index in [9.17, 15) is 9.59 Å². The van der Waals surface area contributed by atoms with Gasteiger partial charge >= 0.3 is 5.97 Å². The largest absolute Gasteiger partial charge is 0.487 e. The Bertz CT molecular complexity index is 1680. The van der Waals surface area contributed by atoms with Gasteiger partial charge in [0, 0.05) is 11.1 Å². The van der Waals surface area contributed by atoms with Crippen LogP contribution in [0.25, 0.3) is 27.8 Å². The molecule has 0 saturated heterocycles. The van der Waals surface area contributed by atoms with Crippen molar-refractivity contribution in [2.45, 2.75) is 33.3 Å². The van der Waals surface area contributed by atoms with Crippen LogP contribution in [0.2, 0.25) is 0 Å². The maximum Gasteiger partial charge on any atom is 0.338 e. The first-order chi connectivity index (χ1) is 18.7. The Morgan fingerprint density at radius 1 is 0.821 bits per heavy atom. The molecule has 0 saturated carbocycles. The van der Waals surface area contributed by atoms with E-state index in [1.54, 1.807) is 16.8 Å². The highest BCUT2D eigenvalue weighted by molar-refractivity contribution is 6.11. The van der Waals surface area contributed by atoms with Gasteiger partial charge in [0.2, 0.25) is 0 Å². The molecular formula is C32H29N3O4. The standard InChI is InChI=1S/C32H29N3O4/c1-20-24(31(37)38-5)18-19-27-28(20)33-34-35(27)23-16-14-21(15-17-23)25-12-9-13-26(30(25)39-32(2,3)4)29(36)22-10-7-6-8-11-22/h6-19H,1-5H3. The Hall–Kier alpha value is -4.78. The number of para-hydroxylation sites is 1. The van der Waals surface area contributed by atoms with Gasteiger partial charge in [-0.3, -0.25) is 4.79 Å². The van der Waals surface area contributed by atoms with Crippen molar-refractivity contribution in [1.82, 2.24) is 15.0 Å². The molecule has 1 aromatic heterocycles. The van der Waals surface area contributed by atoms with Crippen LogP contribution in [0.1, 0.15) is 52.6 Å². The summed E-state index contributed by atoms with van der Waals surface area (Å²) in [7, 11) is 1.36. The highest BCUT2D eigenvalue weighted by Crippen LogP contribution is 2.37. The third-order valence-electron chi connectivity index (χ3n) is 6.40. The third kappa shape index (κ3) is 5.03. The number of hydrogen-bond acceptors (Lipinski definition) is 6. The molecule has 7 nitrogen and oxygen atoms in total. The molecule has 1 heterocycles. The number of methoxy groups -OCH3 is 1. The average molecular weight is 520 g/mol. The highest BCUT2D eigenvalue weighted by Gasteiger charge is 2.23. The molecule has 39 heavy (non-hydrogen) atoms. The summed E-state index contributed by atoms with van der Waals surface area (Å²) in [4.78, 5) is 25.5. The van der Waals surface area contributed by atoms with Crippen LogP contribution in [0.3, 0.4) is 0 Å². The van der Waals surface area contributed by atoms with E-state index in [1.807, 2.05) is 100 Å². The monoisotopic (exact) mass is 519 g/mol. The number of rotatable bonds is 6. The molecule has 5 aromatic rings. The summed E-state index contributed by atoms with van der Waals surface area (Å²) >= 11 is 0. The second-order valence-corrected chi connectivity index (χ2v) is 10.2. The van der Waals surface area contributed by atoms with Crippen molar-refractivity contribution in [2.24, 2.45) is 0 Å². The van der Waals surface area contributed by atoms with Gasteiger partial charge in [-0.1, -0.05) is 59.8 Å². The second kappa shape index (κ2) is 10.2. The van der Waals surface area contributed by atoms with E-state index < -0.39 is 11.6 Å². The summed E-state index contributed by atoms with van der Waals surface area (Å²) < 4.78 is 13.0. The topological polar surface area (TPSA) is 83.3 Å². The molecule has 0 spiro atoms. The minimum atomic E-state index is -0.512. The number of esters is 1. The van der Waals surface area contributed by atoms with Crippen LogP contribution in [0, 0.1) is 6.92 Å². The van der Waals surface area contributed by atoms with E-state index in [1.165, 1.54) is 7.11 Å². The Labute approximate surface area is 227 Å². The molecule has 0 bridgehead atoms. The fraction of sp³-hybridized carbons (Fsp3) is 0.188. The van der Waals surface area contributed by atoms with E-state index in [0.29, 0.717) is 33.5 Å². The third-order valence-corrected chi connectivity index (χ3v) is 6.40. The predicted molar refractivity (Wildman–Crippen MR) is 151 cm³/mol. The van der Waals surface area contributed by atoms with Gasteiger partial charge < -0.3 is 9.47 Å². The van der Waals surface area contributed by atoms with Gasteiger partial charge in [0.15, 0.2) is 5.78 Å². The molecule has 0 aliphatic heterocycles. The fourth-order valence-corrected chi connectivity index (χ4v) is 4.53. The Morgan fingerprint density at radius 2 is 1.54 bits per heavy atom. The fourth-order valence-electron chi connectivity index (χ4n) is 4.53. The molecule has 0 atom stereocenters. The molecule has 5 rings (SSSR count). The van der Waals surface area contributed by atoms with Crippen LogP contribution in [0.5, 0.6) is 5.75 Å². The van der Waals surface area contributed by atoms with Crippen molar-refractivity contribution in [1.29, 1.82) is 0 Å². The van der Waals surface area contributed by atoms with E-state index in [4.69, 9.17) is 9.47 Å². The Kier molecular flexibility index (Phi) is 6.74. The molecule has 0 N–H and O–H groups in total. The number of carbonyl (C=O) groups is 2. The lowest BCUT2D eigenvalue weighted by Gasteiger charge is -2.25. The lowest BCUT2D eigenvalue weighted by molar-refractivity contribution is 0.0600. The van der Waals surface area contributed by atoms with Crippen LogP contribution in [-0.2, 0) is 4.74 Å². The van der Waals surface area contributed by atoms with Crippen molar-refractivity contribution >= 4 is 22.8 Å². The van der Waals surface area contributed by atoms with Crippen LogP contribution in [0.15, 0.2) is 84.9 Å². The Morgan fingerprint density at radius 3 is 2.21 bits per heavy atom. The minimum Gasteiger partial charge on any atom is -0.487 e. The molecule has 0 fully saturated rings. The zero-order valence-corrected chi connectivity index (χ0v) is 22.6. The molecule has 0 amide bonds. The smallest absolute Gasteiger partial charge is 0.338 e. The molecule has 4 aromatic carbocycles. The van der Waals surface area contributed by atoms with Crippen molar-refractivity contribution < 1.29 is 19.1 Å². The van der Waals surface area contributed by atoms with Gasteiger partial charge in [-0.2, -0.15) is 0 Å². The molecule has 196 valence electrons. The summed E-state index contributed by atoms with van der Waals surface area (Å²) in [5.74, 6) is 0.0439. The van der Waals surface area contributed by atoms with Gasteiger partial charge in [0.05, 0.1) is 29.4 Å². The van der Waals surface area contributed by atoms with E-state index >= 15 is 0 Å². The molecule has 0 aliphatic rings. The number of ketones is 1. The minimum absolute atomic E-state index is 0.0934. The van der Waals surface area contributed by atoms with E-state index in [-0.39, 0.29) is 5.78 Å². The SMILES string of the molecule is COC(=O)c1ccc2c(nnn2-c2ccc(-c3cccc(C(=O)c4ccccc4)c3OC(C)(C)C)cc2)c1C. The van der Waals surface area contributed by atoms with Gasteiger partial charge in [-0.15, -0.1) is 5.10 Å². The summed E-state index contributed by atoms with van der Waals surface area (Å²) in [5, 5.41) is 8.65. The number of hydrogen-bond donors (Lipinski definition) is 0. The molecular weight excluding hydrogens is 490 g/mol. The zero-order valence-electron chi connectivity index (χ0n) is 22.6. The van der Waals surface area contributed by atoms with Crippen LogP contribution < -0.4 is 4.74 Å². The van der Waals surface area contributed by atoms with Gasteiger partial charge in [-0.05, 0) is 69.2 Å². The summed E-state index contributed by atoms with van der Waals surface area (Å²) in [6.45, 7) is 7.73. The zero-order chi connectivity index (χ0) is 27.7. The number of aromatic nitrogens is 3. The van der Waals surface area contributed by atoms with Crippen LogP contribution in [-0.4, -0.2) is 39.5 Å². The van der Waals surface area contributed by atoms with Crippen LogP contribution >= 0.6 is 0 Å². The number of carbonyl (C=O) groups excluding carboxylic acids is 2. The lowest BCUT2D eigenvalue weighted by atomic mass is 9.96. The predicted octanol–water partition coefficient (Wildman–Crippen LogP) is 6.59. The number of nitrogens with zero attached hydrogens (tertiary/aromatic N) is 3. The first-order valence-electron chi connectivity index (χ1n) is 12.6. The maximum atomic E-state index is 13.5. The summed E-state index contributed by atoms with van der Waals surface area (Å²) in [6, 6.07) is 26.2. The first-order valence-corrected chi connectivity index (χ1v) is 12.6. The Balaban J connectivity index is 1.56. The number of benzene rings is 4. The maximum absolute atomic E-state index is 13.5. The average Bonchev–Trinajstić information content (AvgIpc) is 3.37. The second-order valence-electron chi connectivity index (χ2n) is 10.2. The number of ether oxygens (including phenoxy) is 2. The lowest BCUT2D eigenvalue weighted by Crippen LogP contribution is -2.24. The molecule has 7 heteroatoms. The first kappa shape index (κ1) is 25.9. The summed E-state index contributed by atoms with van der Waals surface area (Å²) in [6.07, 6.45) is 0. The van der Waals surface area contributed by atoms with Crippen molar-refractivity contribution in [3.05, 3.63) is 107 Å². The van der Waals surface area contributed by atoms with E-state index in [2.05, 4.69) is 10.3 Å². The quantitative estimate of drug-likeness (QED) is 0.186. The number of fused-ring (bicyclic) bond motifs is 1. The molecule has 0 radical (unpaired) electrons. The van der Waals surface area contributed by atoms with Crippen molar-refractivity contribution in [3.8, 4) is 22.6 Å². The van der Waals surface area contributed by atoms with Gasteiger partial charge in [-0.25, -0.2) is 9.48 Å². The van der Waals surface area contributed by atoms with E-state index in [0.717, 1.165) is 22.3 Å². The normalized spacial score (nSPS) is 11.4. The summed E-state index contributed by atoms with van der Waals surface area (Å²) in [5.41, 5.74) is 5.72. The van der Waals surface area contributed by atoms with Crippen molar-refractivity contribution in [2.75, 3.05) is 7.11 Å². The van der Waals surface area contributed by atoms with Gasteiger partial charge in [0.1, 0.15) is 16.9 Å². The van der Waals surface area contributed by atoms with Crippen molar-refractivity contribution in [3.63, 3.8) is 0 Å². The molecule has 0 unspecified atom stereocenters. The van der Waals surface area contributed by atoms with Gasteiger partial charge in [0.25, 0.3) is 0 Å².